The number of aromatic nitrogens is 3. The van der Waals surface area contributed by atoms with E-state index in [2.05, 4.69) is 10.4 Å². The average Bonchev–Trinajstić information content (AvgIpc) is 3.38. The Labute approximate surface area is 220 Å². The Bertz CT molecular complexity index is 1510. The highest BCUT2D eigenvalue weighted by atomic mass is 16.5. The number of carbonyl (C=O) groups excluding carboxylic acids is 1. The molecule has 1 aliphatic rings. The average molecular weight is 518 g/mol. The lowest BCUT2D eigenvalue weighted by Gasteiger charge is -2.28. The Morgan fingerprint density at radius 1 is 1.00 bits per heavy atom. The molecule has 10 heteroatoms. The molecule has 0 bridgehead atoms. The molecule has 3 heterocycles. The Hall–Kier alpha value is -4.31. The second-order valence-corrected chi connectivity index (χ2v) is 9.17. The van der Waals surface area contributed by atoms with Crippen molar-refractivity contribution in [2.75, 3.05) is 47.5 Å². The molecule has 1 saturated heterocycles. The lowest BCUT2D eigenvalue weighted by atomic mass is 10.00. The molecule has 198 valence electrons. The summed E-state index contributed by atoms with van der Waals surface area (Å²) in [6.45, 7) is 3.14. The molecule has 0 unspecified atom stereocenters. The van der Waals surface area contributed by atoms with Gasteiger partial charge in [-0.2, -0.15) is 5.10 Å². The minimum atomic E-state index is -0.154. The highest BCUT2D eigenvalue weighted by molar-refractivity contribution is 6.02. The van der Waals surface area contributed by atoms with E-state index in [1.54, 1.807) is 40.7 Å². The van der Waals surface area contributed by atoms with Crippen LogP contribution in [0.5, 0.6) is 17.2 Å². The number of amides is 1. The molecule has 2 aromatic carbocycles. The number of nitrogens with zero attached hydrogens (tertiary/aromatic N) is 4. The Balaban J connectivity index is 1.60. The number of aryl methyl sites for hydroxylation is 1. The van der Waals surface area contributed by atoms with Crippen LogP contribution in [0.1, 0.15) is 15.9 Å². The van der Waals surface area contributed by atoms with Crippen molar-refractivity contribution in [1.29, 1.82) is 0 Å². The summed E-state index contributed by atoms with van der Waals surface area (Å²) in [5.41, 5.74) is 3.24. The molecular weight excluding hydrogens is 486 g/mol. The lowest BCUT2D eigenvalue weighted by Crippen LogP contribution is -2.46. The number of rotatable bonds is 7. The van der Waals surface area contributed by atoms with E-state index in [0.717, 1.165) is 35.5 Å². The van der Waals surface area contributed by atoms with E-state index < -0.39 is 0 Å². The van der Waals surface area contributed by atoms with E-state index in [-0.39, 0.29) is 11.5 Å². The lowest BCUT2D eigenvalue weighted by molar-refractivity contribution is 0.0729. The minimum absolute atomic E-state index is 0.135. The van der Waals surface area contributed by atoms with E-state index in [0.29, 0.717) is 47.6 Å². The molecule has 0 saturated carbocycles. The summed E-state index contributed by atoms with van der Waals surface area (Å²) in [6.07, 6.45) is 3.48. The molecule has 0 spiro atoms. The fourth-order valence-corrected chi connectivity index (χ4v) is 4.85. The smallest absolute Gasteiger partial charge is 0.276 e. The molecule has 1 amide bonds. The number of carbonyl (C=O) groups is 1. The third-order valence-corrected chi connectivity index (χ3v) is 6.90. The van der Waals surface area contributed by atoms with Crippen molar-refractivity contribution in [3.8, 4) is 28.4 Å². The molecule has 0 radical (unpaired) electrons. The van der Waals surface area contributed by atoms with Gasteiger partial charge in [0.25, 0.3) is 11.5 Å². The molecular formula is C28H31N5O5. The van der Waals surface area contributed by atoms with Crippen LogP contribution in [0.15, 0.2) is 53.6 Å². The van der Waals surface area contributed by atoms with Crippen LogP contribution in [0, 0.1) is 0 Å². The summed E-state index contributed by atoms with van der Waals surface area (Å²) in [5, 5.41) is 8.52. The topological polar surface area (TPSA) is 99.8 Å². The number of ether oxygens (including phenoxy) is 3. The summed E-state index contributed by atoms with van der Waals surface area (Å²) in [5.74, 6) is 1.45. The van der Waals surface area contributed by atoms with Crippen LogP contribution in [0.3, 0.4) is 0 Å². The van der Waals surface area contributed by atoms with E-state index in [1.807, 2.05) is 36.4 Å². The molecule has 2 aromatic heterocycles. The number of fused-ring (bicyclic) bond motifs is 1. The van der Waals surface area contributed by atoms with Crippen LogP contribution in [-0.4, -0.2) is 72.7 Å². The number of benzene rings is 2. The fourth-order valence-electron chi connectivity index (χ4n) is 4.85. The third-order valence-electron chi connectivity index (χ3n) is 6.90. The van der Waals surface area contributed by atoms with Crippen molar-refractivity contribution >= 4 is 16.8 Å². The first-order valence-electron chi connectivity index (χ1n) is 12.4. The summed E-state index contributed by atoms with van der Waals surface area (Å²) >= 11 is 0. The minimum Gasteiger partial charge on any atom is -0.497 e. The first kappa shape index (κ1) is 25.3. The molecule has 1 N–H and O–H groups in total. The first-order valence-corrected chi connectivity index (χ1v) is 12.4. The summed E-state index contributed by atoms with van der Waals surface area (Å²) in [7, 11) is 6.41. The predicted octanol–water partition coefficient (Wildman–Crippen LogP) is 2.52. The molecule has 4 aromatic rings. The number of methoxy groups -OCH3 is 3. The zero-order valence-electron chi connectivity index (χ0n) is 22.0. The zero-order chi connectivity index (χ0) is 26.8. The van der Waals surface area contributed by atoms with Crippen molar-refractivity contribution in [1.82, 2.24) is 24.6 Å². The van der Waals surface area contributed by atoms with Gasteiger partial charge in [-0.3, -0.25) is 14.3 Å². The van der Waals surface area contributed by atoms with Gasteiger partial charge in [-0.1, -0.05) is 12.1 Å². The van der Waals surface area contributed by atoms with Crippen LogP contribution in [0.2, 0.25) is 0 Å². The van der Waals surface area contributed by atoms with Gasteiger partial charge in [-0.25, -0.2) is 0 Å². The normalized spacial score (nSPS) is 13.5. The van der Waals surface area contributed by atoms with Crippen molar-refractivity contribution in [2.24, 2.45) is 7.05 Å². The zero-order valence-corrected chi connectivity index (χ0v) is 22.0. The number of hydrogen-bond donors (Lipinski definition) is 1. The number of pyridine rings is 1. The van der Waals surface area contributed by atoms with E-state index in [1.165, 1.54) is 14.2 Å². The largest absolute Gasteiger partial charge is 0.497 e. The highest BCUT2D eigenvalue weighted by Crippen LogP contribution is 2.38. The monoisotopic (exact) mass is 517 g/mol. The van der Waals surface area contributed by atoms with Gasteiger partial charge in [0.1, 0.15) is 28.3 Å². The second kappa shape index (κ2) is 10.6. The van der Waals surface area contributed by atoms with Crippen molar-refractivity contribution in [2.45, 2.75) is 6.54 Å². The maximum Gasteiger partial charge on any atom is 0.276 e. The Morgan fingerprint density at radius 2 is 1.66 bits per heavy atom. The molecule has 38 heavy (non-hydrogen) atoms. The summed E-state index contributed by atoms with van der Waals surface area (Å²) in [6, 6.07) is 11.3. The van der Waals surface area contributed by atoms with Gasteiger partial charge in [-0.05, 0) is 35.4 Å². The van der Waals surface area contributed by atoms with E-state index in [9.17, 15) is 9.59 Å². The molecule has 10 nitrogen and oxygen atoms in total. The summed E-state index contributed by atoms with van der Waals surface area (Å²) < 4.78 is 19.9. The Morgan fingerprint density at radius 3 is 2.26 bits per heavy atom. The number of hydrogen-bond acceptors (Lipinski definition) is 7. The fraction of sp³-hybridized carbons (Fsp3) is 0.321. The molecule has 5 rings (SSSR count). The standard InChI is InChI=1S/C28H31N5O5/c1-31-17-22(21-15-30-33(26(21)28(31)35)16-18-5-7-20(36-2)8-6-18)19-13-23(37-3)25(24(14-19)38-4)27(34)32-11-9-29-10-12-32/h5-8,13-15,17,29H,9-12,16H2,1-4H3. The predicted molar refractivity (Wildman–Crippen MR) is 144 cm³/mol. The number of nitrogens with one attached hydrogen (secondary N) is 1. The van der Waals surface area contributed by atoms with Gasteiger partial charge in [0.2, 0.25) is 0 Å². The number of piperazine rings is 1. The van der Waals surface area contributed by atoms with Gasteiger partial charge in [0.15, 0.2) is 0 Å². The summed E-state index contributed by atoms with van der Waals surface area (Å²) in [4.78, 5) is 28.4. The van der Waals surface area contributed by atoms with Gasteiger partial charge in [-0.15, -0.1) is 0 Å². The second-order valence-electron chi connectivity index (χ2n) is 9.17. The van der Waals surface area contributed by atoms with Gasteiger partial charge in [0, 0.05) is 50.4 Å². The van der Waals surface area contributed by atoms with Gasteiger partial charge in [0.05, 0.1) is 34.1 Å². The third kappa shape index (κ3) is 4.58. The van der Waals surface area contributed by atoms with Gasteiger partial charge < -0.3 is 29.0 Å². The quantitative estimate of drug-likeness (QED) is 0.402. The molecule has 1 aliphatic heterocycles. The molecule has 0 aliphatic carbocycles. The van der Waals surface area contributed by atoms with Crippen molar-refractivity contribution in [3.05, 3.63) is 70.3 Å². The molecule has 1 fully saturated rings. The highest BCUT2D eigenvalue weighted by Gasteiger charge is 2.27. The van der Waals surface area contributed by atoms with Crippen LogP contribution in [-0.2, 0) is 13.6 Å². The van der Waals surface area contributed by atoms with Crippen LogP contribution in [0.25, 0.3) is 22.0 Å². The maximum absolute atomic E-state index is 13.4. The molecule has 0 atom stereocenters. The Kier molecular flexibility index (Phi) is 7.06. The van der Waals surface area contributed by atoms with Crippen LogP contribution >= 0.6 is 0 Å². The van der Waals surface area contributed by atoms with Crippen LogP contribution in [0.4, 0.5) is 0 Å². The van der Waals surface area contributed by atoms with E-state index >= 15 is 0 Å². The maximum atomic E-state index is 13.4. The van der Waals surface area contributed by atoms with Crippen LogP contribution < -0.4 is 25.1 Å². The first-order chi connectivity index (χ1) is 18.4. The van der Waals surface area contributed by atoms with Gasteiger partial charge >= 0.3 is 0 Å². The van der Waals surface area contributed by atoms with E-state index in [4.69, 9.17) is 14.2 Å². The SMILES string of the molecule is COc1ccc(Cn2ncc3c(-c4cc(OC)c(C(=O)N5CCNCC5)c(OC)c4)cn(C)c(=O)c32)cc1. The van der Waals surface area contributed by atoms with Crippen molar-refractivity contribution < 1.29 is 19.0 Å². The van der Waals surface area contributed by atoms with Crippen molar-refractivity contribution in [3.63, 3.8) is 0 Å².